The number of piperazine rings is 1. The van der Waals surface area contributed by atoms with Gasteiger partial charge in [-0.1, -0.05) is 0 Å². The fourth-order valence-corrected chi connectivity index (χ4v) is 2.91. The first-order valence-electron chi connectivity index (χ1n) is 9.04. The number of rotatable bonds is 6. The first-order chi connectivity index (χ1) is 13.3. The minimum absolute atomic E-state index is 0.559. The first-order valence-corrected chi connectivity index (χ1v) is 9.04. The maximum absolute atomic E-state index is 5.75. The normalized spacial score (nSPS) is 14.8. The van der Waals surface area contributed by atoms with Crippen LogP contribution in [-0.2, 0) is 0 Å². The SMILES string of the molecule is CN=C(NCCOc1ccc(OC)cc1)N1CCN(c2ncccn2)CC1. The van der Waals surface area contributed by atoms with Crippen molar-refractivity contribution in [3.63, 3.8) is 0 Å². The van der Waals surface area contributed by atoms with Crippen LogP contribution in [0.3, 0.4) is 0 Å². The van der Waals surface area contributed by atoms with Gasteiger partial charge in [-0.3, -0.25) is 4.99 Å². The van der Waals surface area contributed by atoms with Crippen molar-refractivity contribution in [2.45, 2.75) is 0 Å². The lowest BCUT2D eigenvalue weighted by atomic mass is 10.3. The summed E-state index contributed by atoms with van der Waals surface area (Å²) in [5.41, 5.74) is 0. The molecule has 1 saturated heterocycles. The Hall–Kier alpha value is -3.03. The van der Waals surface area contributed by atoms with Gasteiger partial charge in [0.2, 0.25) is 5.95 Å². The Balaban J connectivity index is 1.40. The number of ether oxygens (including phenoxy) is 2. The second-order valence-electron chi connectivity index (χ2n) is 6.02. The molecular weight excluding hydrogens is 344 g/mol. The van der Waals surface area contributed by atoms with E-state index in [1.54, 1.807) is 26.6 Å². The Labute approximate surface area is 159 Å². The molecule has 144 valence electrons. The van der Waals surface area contributed by atoms with Gasteiger partial charge >= 0.3 is 0 Å². The summed E-state index contributed by atoms with van der Waals surface area (Å²) in [4.78, 5) is 17.5. The molecule has 0 atom stereocenters. The minimum Gasteiger partial charge on any atom is -0.497 e. The van der Waals surface area contributed by atoms with E-state index in [1.165, 1.54) is 0 Å². The smallest absolute Gasteiger partial charge is 0.225 e. The molecule has 8 nitrogen and oxygen atoms in total. The molecule has 1 aliphatic rings. The molecule has 1 fully saturated rings. The Morgan fingerprint density at radius 1 is 1.07 bits per heavy atom. The van der Waals surface area contributed by atoms with E-state index in [-0.39, 0.29) is 0 Å². The van der Waals surface area contributed by atoms with Crippen molar-refractivity contribution in [3.05, 3.63) is 42.7 Å². The van der Waals surface area contributed by atoms with E-state index >= 15 is 0 Å². The highest BCUT2D eigenvalue weighted by Crippen LogP contribution is 2.16. The van der Waals surface area contributed by atoms with Crippen molar-refractivity contribution in [1.82, 2.24) is 20.2 Å². The number of aromatic nitrogens is 2. The summed E-state index contributed by atoms with van der Waals surface area (Å²) >= 11 is 0. The van der Waals surface area contributed by atoms with E-state index in [1.807, 2.05) is 30.3 Å². The zero-order valence-electron chi connectivity index (χ0n) is 15.8. The largest absolute Gasteiger partial charge is 0.497 e. The van der Waals surface area contributed by atoms with Crippen molar-refractivity contribution in [1.29, 1.82) is 0 Å². The minimum atomic E-state index is 0.559. The van der Waals surface area contributed by atoms with E-state index in [0.717, 1.165) is 49.6 Å². The monoisotopic (exact) mass is 370 g/mol. The van der Waals surface area contributed by atoms with E-state index in [2.05, 4.69) is 30.1 Å². The summed E-state index contributed by atoms with van der Waals surface area (Å²) in [6.07, 6.45) is 3.55. The summed E-state index contributed by atoms with van der Waals surface area (Å²) in [6, 6.07) is 9.41. The van der Waals surface area contributed by atoms with Crippen LogP contribution in [0.5, 0.6) is 11.5 Å². The Bertz CT molecular complexity index is 715. The molecule has 1 aromatic carbocycles. The molecular formula is C19H26N6O2. The fraction of sp³-hybridized carbons (Fsp3) is 0.421. The molecule has 2 aromatic rings. The third kappa shape index (κ3) is 5.22. The van der Waals surface area contributed by atoms with Gasteiger partial charge in [0.15, 0.2) is 5.96 Å². The molecule has 0 aliphatic carbocycles. The van der Waals surface area contributed by atoms with Crippen LogP contribution in [0.2, 0.25) is 0 Å². The van der Waals surface area contributed by atoms with Gasteiger partial charge in [0.1, 0.15) is 18.1 Å². The van der Waals surface area contributed by atoms with Crippen LogP contribution in [0.4, 0.5) is 5.95 Å². The Morgan fingerprint density at radius 2 is 1.74 bits per heavy atom. The standard InChI is InChI=1S/C19H26N6O2/c1-20-18(23-10-15-27-17-6-4-16(26-2)5-7-17)24-11-13-25(14-12-24)19-21-8-3-9-22-19/h3-9H,10-15H2,1-2H3,(H,20,23). The number of guanidine groups is 1. The molecule has 27 heavy (non-hydrogen) atoms. The third-order valence-electron chi connectivity index (χ3n) is 4.34. The number of benzene rings is 1. The summed E-state index contributed by atoms with van der Waals surface area (Å²) in [6.45, 7) is 4.72. The highest BCUT2D eigenvalue weighted by molar-refractivity contribution is 5.80. The molecule has 0 amide bonds. The fourth-order valence-electron chi connectivity index (χ4n) is 2.91. The highest BCUT2D eigenvalue weighted by Gasteiger charge is 2.20. The van der Waals surface area contributed by atoms with Crippen LogP contribution in [0.25, 0.3) is 0 Å². The molecule has 1 aliphatic heterocycles. The molecule has 0 spiro atoms. The summed E-state index contributed by atoms with van der Waals surface area (Å²) in [7, 11) is 3.46. The molecule has 1 aromatic heterocycles. The van der Waals surface area contributed by atoms with E-state index in [4.69, 9.17) is 9.47 Å². The average molecular weight is 370 g/mol. The summed E-state index contributed by atoms with van der Waals surface area (Å²) < 4.78 is 10.9. The zero-order valence-corrected chi connectivity index (χ0v) is 15.8. The third-order valence-corrected chi connectivity index (χ3v) is 4.34. The number of hydrogen-bond acceptors (Lipinski definition) is 6. The second kappa shape index (κ2) is 9.61. The van der Waals surface area contributed by atoms with Gasteiger partial charge < -0.3 is 24.6 Å². The number of aliphatic imine (C=N–C) groups is 1. The van der Waals surface area contributed by atoms with Crippen LogP contribution in [0.15, 0.2) is 47.7 Å². The number of nitrogens with one attached hydrogen (secondary N) is 1. The molecule has 2 heterocycles. The van der Waals surface area contributed by atoms with Crippen LogP contribution >= 0.6 is 0 Å². The van der Waals surface area contributed by atoms with Crippen LogP contribution < -0.4 is 19.7 Å². The molecule has 0 unspecified atom stereocenters. The Kier molecular flexibility index (Phi) is 6.67. The van der Waals surface area contributed by atoms with Gasteiger partial charge in [-0.05, 0) is 30.3 Å². The van der Waals surface area contributed by atoms with Gasteiger partial charge in [0, 0.05) is 45.6 Å². The van der Waals surface area contributed by atoms with Crippen LogP contribution in [0, 0.1) is 0 Å². The molecule has 3 rings (SSSR count). The maximum Gasteiger partial charge on any atom is 0.225 e. The molecule has 0 radical (unpaired) electrons. The van der Waals surface area contributed by atoms with Crippen molar-refractivity contribution < 1.29 is 9.47 Å². The summed E-state index contributed by atoms with van der Waals surface area (Å²) in [5.74, 6) is 3.32. The lowest BCUT2D eigenvalue weighted by Crippen LogP contribution is -2.53. The van der Waals surface area contributed by atoms with Crippen molar-refractivity contribution in [2.24, 2.45) is 4.99 Å². The quantitative estimate of drug-likeness (QED) is 0.466. The summed E-state index contributed by atoms with van der Waals surface area (Å²) in [5, 5.41) is 3.36. The number of nitrogens with zero attached hydrogens (tertiary/aromatic N) is 5. The average Bonchev–Trinajstić information content (AvgIpc) is 2.75. The van der Waals surface area contributed by atoms with Gasteiger partial charge in [-0.15, -0.1) is 0 Å². The number of anilines is 1. The number of methoxy groups -OCH3 is 1. The van der Waals surface area contributed by atoms with E-state index in [0.29, 0.717) is 13.2 Å². The first kappa shape index (κ1) is 18.8. The lowest BCUT2D eigenvalue weighted by Gasteiger charge is -2.36. The highest BCUT2D eigenvalue weighted by atomic mass is 16.5. The van der Waals surface area contributed by atoms with Crippen molar-refractivity contribution in [2.75, 3.05) is 58.4 Å². The lowest BCUT2D eigenvalue weighted by molar-refractivity contribution is 0.314. The predicted octanol–water partition coefficient (Wildman–Crippen LogP) is 1.26. The maximum atomic E-state index is 5.75. The van der Waals surface area contributed by atoms with Gasteiger partial charge in [-0.25, -0.2) is 9.97 Å². The van der Waals surface area contributed by atoms with Crippen molar-refractivity contribution >= 4 is 11.9 Å². The van der Waals surface area contributed by atoms with Gasteiger partial charge in [0.05, 0.1) is 13.7 Å². The molecule has 8 heteroatoms. The molecule has 0 bridgehead atoms. The van der Waals surface area contributed by atoms with Crippen LogP contribution in [-0.4, -0.2) is 74.3 Å². The number of hydrogen-bond donors (Lipinski definition) is 1. The van der Waals surface area contributed by atoms with Crippen LogP contribution in [0.1, 0.15) is 0 Å². The Morgan fingerprint density at radius 3 is 2.37 bits per heavy atom. The van der Waals surface area contributed by atoms with E-state index in [9.17, 15) is 0 Å². The second-order valence-corrected chi connectivity index (χ2v) is 6.02. The van der Waals surface area contributed by atoms with E-state index < -0.39 is 0 Å². The molecule has 1 N–H and O–H groups in total. The van der Waals surface area contributed by atoms with Gasteiger partial charge in [0.25, 0.3) is 0 Å². The predicted molar refractivity (Wildman–Crippen MR) is 106 cm³/mol. The topological polar surface area (TPSA) is 75.1 Å². The zero-order chi connectivity index (χ0) is 18.9. The van der Waals surface area contributed by atoms with Gasteiger partial charge in [-0.2, -0.15) is 0 Å². The molecule has 0 saturated carbocycles. The van der Waals surface area contributed by atoms with Crippen molar-refractivity contribution in [3.8, 4) is 11.5 Å².